The molecule has 0 aromatic carbocycles. The summed E-state index contributed by atoms with van der Waals surface area (Å²) in [6.07, 6.45) is 0.00710. The van der Waals surface area contributed by atoms with Gasteiger partial charge in [0.05, 0.1) is 5.75 Å². The van der Waals surface area contributed by atoms with Gasteiger partial charge in [0.25, 0.3) is 0 Å². The van der Waals surface area contributed by atoms with Crippen LogP contribution in [0.25, 0.3) is 0 Å². The molecule has 5 nitrogen and oxygen atoms in total. The van der Waals surface area contributed by atoms with Gasteiger partial charge in [0.2, 0.25) is 10.0 Å². The van der Waals surface area contributed by atoms with Crippen molar-refractivity contribution in [3.05, 3.63) is 21.9 Å². The quantitative estimate of drug-likeness (QED) is 0.788. The van der Waals surface area contributed by atoms with Crippen LogP contribution in [0, 0.1) is 6.92 Å². The van der Waals surface area contributed by atoms with Crippen molar-refractivity contribution < 1.29 is 18.3 Å². The summed E-state index contributed by atoms with van der Waals surface area (Å²) in [6.45, 7) is 2.23. The molecule has 17 heavy (non-hydrogen) atoms. The third-order valence-corrected chi connectivity index (χ3v) is 4.48. The number of hydrogen-bond donors (Lipinski definition) is 2. The van der Waals surface area contributed by atoms with E-state index in [1.165, 1.54) is 11.3 Å². The zero-order chi connectivity index (χ0) is 12.9. The van der Waals surface area contributed by atoms with E-state index in [9.17, 15) is 13.2 Å². The Balaban J connectivity index is 2.36. The van der Waals surface area contributed by atoms with Gasteiger partial charge >= 0.3 is 5.97 Å². The Hall–Kier alpha value is -0.920. The Morgan fingerprint density at radius 2 is 2.18 bits per heavy atom. The largest absolute Gasteiger partial charge is 0.481 e. The smallest absolute Gasteiger partial charge is 0.303 e. The van der Waals surface area contributed by atoms with Crippen LogP contribution in [0.4, 0.5) is 0 Å². The van der Waals surface area contributed by atoms with Crippen LogP contribution in [0.1, 0.15) is 22.6 Å². The number of aliphatic carboxylic acids is 1. The van der Waals surface area contributed by atoms with Crippen molar-refractivity contribution in [2.45, 2.75) is 26.3 Å². The summed E-state index contributed by atoms with van der Waals surface area (Å²) in [4.78, 5) is 12.3. The molecule has 1 rings (SSSR count). The molecule has 0 saturated carbocycles. The van der Waals surface area contributed by atoms with Gasteiger partial charge < -0.3 is 5.11 Å². The number of carboxylic acids is 1. The first-order valence-corrected chi connectivity index (χ1v) is 7.60. The highest BCUT2D eigenvalue weighted by Crippen LogP contribution is 2.14. The number of carboxylic acid groups (broad SMARTS) is 1. The number of thiophene rings is 1. The summed E-state index contributed by atoms with van der Waals surface area (Å²) in [5.74, 6) is -1.13. The van der Waals surface area contributed by atoms with E-state index < -0.39 is 16.0 Å². The maximum atomic E-state index is 11.5. The lowest BCUT2D eigenvalue weighted by Gasteiger charge is -2.04. The Bertz CT molecular complexity index is 478. The molecule has 1 aromatic rings. The molecular weight excluding hydrogens is 262 g/mol. The second-order valence-electron chi connectivity index (χ2n) is 3.65. The summed E-state index contributed by atoms with van der Waals surface area (Å²) in [6, 6.07) is 3.80. The molecule has 0 aliphatic heterocycles. The summed E-state index contributed by atoms with van der Waals surface area (Å²) in [5.41, 5.74) is 0. The van der Waals surface area contributed by atoms with Crippen molar-refractivity contribution in [1.29, 1.82) is 0 Å². The third kappa shape index (κ3) is 5.81. The number of hydrogen-bond acceptors (Lipinski definition) is 4. The van der Waals surface area contributed by atoms with Crippen LogP contribution in [0.3, 0.4) is 0 Å². The average molecular weight is 277 g/mol. The lowest BCUT2D eigenvalue weighted by Crippen LogP contribution is -2.25. The number of sulfonamides is 1. The molecule has 96 valence electrons. The maximum Gasteiger partial charge on any atom is 0.303 e. The molecule has 0 atom stereocenters. The van der Waals surface area contributed by atoms with Gasteiger partial charge in [0.15, 0.2) is 0 Å². The molecule has 0 aliphatic rings. The lowest BCUT2D eigenvalue weighted by atomic mass is 10.3. The normalized spacial score (nSPS) is 11.6. The van der Waals surface area contributed by atoms with Crippen molar-refractivity contribution in [2.24, 2.45) is 0 Å². The highest BCUT2D eigenvalue weighted by Gasteiger charge is 2.11. The Kier molecular flexibility index (Phi) is 5.10. The minimum absolute atomic E-state index is 0.126. The zero-order valence-electron chi connectivity index (χ0n) is 9.47. The van der Waals surface area contributed by atoms with E-state index in [4.69, 9.17) is 5.11 Å². The van der Waals surface area contributed by atoms with Crippen LogP contribution in [0.2, 0.25) is 0 Å². The van der Waals surface area contributed by atoms with Gasteiger partial charge in [0.1, 0.15) is 0 Å². The van der Waals surface area contributed by atoms with Crippen LogP contribution in [0.15, 0.2) is 12.1 Å². The zero-order valence-corrected chi connectivity index (χ0v) is 11.1. The second kappa shape index (κ2) is 6.13. The molecule has 0 fully saturated rings. The van der Waals surface area contributed by atoms with E-state index in [0.717, 1.165) is 9.75 Å². The van der Waals surface area contributed by atoms with Gasteiger partial charge in [-0.3, -0.25) is 4.79 Å². The highest BCUT2D eigenvalue weighted by atomic mass is 32.2. The maximum absolute atomic E-state index is 11.5. The first kappa shape index (κ1) is 14.1. The van der Waals surface area contributed by atoms with E-state index in [-0.39, 0.29) is 25.1 Å². The van der Waals surface area contributed by atoms with E-state index >= 15 is 0 Å². The highest BCUT2D eigenvalue weighted by molar-refractivity contribution is 7.89. The molecule has 0 unspecified atom stereocenters. The van der Waals surface area contributed by atoms with Crippen LogP contribution in [-0.4, -0.2) is 25.2 Å². The van der Waals surface area contributed by atoms with Crippen LogP contribution >= 0.6 is 11.3 Å². The number of rotatable bonds is 7. The number of carbonyl (C=O) groups is 1. The third-order valence-electron chi connectivity index (χ3n) is 2.07. The van der Waals surface area contributed by atoms with Crippen molar-refractivity contribution in [2.75, 3.05) is 5.75 Å². The Morgan fingerprint density at radius 1 is 1.47 bits per heavy atom. The molecule has 7 heteroatoms. The van der Waals surface area contributed by atoms with Crippen molar-refractivity contribution >= 4 is 27.3 Å². The molecule has 1 aromatic heterocycles. The fraction of sp³-hybridized carbons (Fsp3) is 0.500. The predicted octanol–water partition coefficient (Wildman–Crippen LogP) is 1.34. The summed E-state index contributed by atoms with van der Waals surface area (Å²) < 4.78 is 25.4. The van der Waals surface area contributed by atoms with Crippen molar-refractivity contribution in [3.8, 4) is 0 Å². The number of aryl methyl sites for hydroxylation is 1. The van der Waals surface area contributed by atoms with E-state index in [1.807, 2.05) is 19.1 Å². The van der Waals surface area contributed by atoms with Gasteiger partial charge in [-0.25, -0.2) is 13.1 Å². The van der Waals surface area contributed by atoms with Crippen LogP contribution < -0.4 is 4.72 Å². The van der Waals surface area contributed by atoms with Gasteiger partial charge in [-0.2, -0.15) is 0 Å². The Labute approximate surface area is 105 Å². The molecular formula is C10H15NO4S2. The van der Waals surface area contributed by atoms with Gasteiger partial charge in [0, 0.05) is 22.7 Å². The summed E-state index contributed by atoms with van der Waals surface area (Å²) in [5, 5.41) is 8.41. The van der Waals surface area contributed by atoms with Gasteiger partial charge in [-0.15, -0.1) is 11.3 Å². The second-order valence-corrected chi connectivity index (χ2v) is 6.95. The molecule has 0 bridgehead atoms. The molecule has 0 spiro atoms. The van der Waals surface area contributed by atoms with Gasteiger partial charge in [-0.1, -0.05) is 0 Å². The fourth-order valence-electron chi connectivity index (χ4n) is 1.25. The van der Waals surface area contributed by atoms with Gasteiger partial charge in [-0.05, 0) is 25.5 Å². The lowest BCUT2D eigenvalue weighted by molar-refractivity contribution is -0.137. The topological polar surface area (TPSA) is 83.5 Å². The molecule has 0 radical (unpaired) electrons. The Morgan fingerprint density at radius 3 is 2.71 bits per heavy atom. The SMILES string of the molecule is Cc1ccc(CNS(=O)(=O)CCCC(=O)O)s1. The fourth-order valence-corrected chi connectivity index (χ4v) is 3.21. The summed E-state index contributed by atoms with van der Waals surface area (Å²) >= 11 is 1.54. The summed E-state index contributed by atoms with van der Waals surface area (Å²) in [7, 11) is -3.37. The molecule has 0 saturated heterocycles. The number of nitrogens with one attached hydrogen (secondary N) is 1. The average Bonchev–Trinajstić information content (AvgIpc) is 2.61. The molecule has 0 amide bonds. The molecule has 0 aliphatic carbocycles. The minimum Gasteiger partial charge on any atom is -0.481 e. The van der Waals surface area contributed by atoms with E-state index in [1.54, 1.807) is 0 Å². The van der Waals surface area contributed by atoms with E-state index in [2.05, 4.69) is 4.72 Å². The molecule has 1 heterocycles. The minimum atomic E-state index is -3.37. The standard InChI is InChI=1S/C10H15NO4S2/c1-8-4-5-9(16-8)7-11-17(14,15)6-2-3-10(12)13/h4-5,11H,2-3,6-7H2,1H3,(H,12,13). The predicted molar refractivity (Wildman–Crippen MR) is 66.6 cm³/mol. The van der Waals surface area contributed by atoms with Crippen LogP contribution in [-0.2, 0) is 21.4 Å². The van der Waals surface area contributed by atoms with E-state index in [0.29, 0.717) is 0 Å². The van der Waals surface area contributed by atoms with Crippen molar-refractivity contribution in [1.82, 2.24) is 4.72 Å². The monoisotopic (exact) mass is 277 g/mol. The first-order valence-electron chi connectivity index (χ1n) is 5.13. The van der Waals surface area contributed by atoms with Crippen molar-refractivity contribution in [3.63, 3.8) is 0 Å². The van der Waals surface area contributed by atoms with Crippen LogP contribution in [0.5, 0.6) is 0 Å². The first-order chi connectivity index (χ1) is 7.89. The molecule has 2 N–H and O–H groups in total.